The molecule has 3 rings (SSSR count). The minimum Gasteiger partial charge on any atom is -0.496 e. The van der Waals surface area contributed by atoms with Gasteiger partial charge in [-0.05, 0) is 37.4 Å². The van der Waals surface area contributed by atoms with Crippen LogP contribution in [0.4, 0.5) is 0 Å². The van der Waals surface area contributed by atoms with Crippen LogP contribution in [0.15, 0.2) is 47.8 Å². The lowest BCUT2D eigenvalue weighted by Gasteiger charge is -2.19. The maximum absolute atomic E-state index is 13.0. The topological polar surface area (TPSA) is 34.5 Å². The van der Waals surface area contributed by atoms with E-state index in [1.54, 1.807) is 23.3 Å². The SMILES string of the molecule is COc1ccccc1CN(C)C(=O)c1cc(C)n(Cc2cccs2)c1C. The molecule has 3 aromatic rings. The van der Waals surface area contributed by atoms with Gasteiger partial charge in [-0.1, -0.05) is 24.3 Å². The molecule has 4 nitrogen and oxygen atoms in total. The zero-order chi connectivity index (χ0) is 18.7. The third kappa shape index (κ3) is 3.68. The molecule has 0 fully saturated rings. The molecule has 5 heteroatoms. The maximum Gasteiger partial charge on any atom is 0.255 e. The molecule has 0 atom stereocenters. The first-order valence-corrected chi connectivity index (χ1v) is 9.45. The fourth-order valence-corrected chi connectivity index (χ4v) is 3.88. The molecule has 1 aromatic carbocycles. The number of amides is 1. The van der Waals surface area contributed by atoms with Crippen molar-refractivity contribution in [2.24, 2.45) is 0 Å². The minimum atomic E-state index is 0.0291. The van der Waals surface area contributed by atoms with Crippen LogP contribution in [0, 0.1) is 13.8 Å². The number of thiophene rings is 1. The molecule has 136 valence electrons. The van der Waals surface area contributed by atoms with Crippen LogP contribution in [0.5, 0.6) is 5.75 Å². The lowest BCUT2D eigenvalue weighted by Crippen LogP contribution is -2.26. The van der Waals surface area contributed by atoms with Crippen LogP contribution in [0.25, 0.3) is 0 Å². The second-order valence-corrected chi connectivity index (χ2v) is 7.46. The number of ether oxygens (including phenoxy) is 1. The third-order valence-electron chi connectivity index (χ3n) is 4.64. The largest absolute Gasteiger partial charge is 0.496 e. The summed E-state index contributed by atoms with van der Waals surface area (Å²) in [6, 6.07) is 14.0. The Hall–Kier alpha value is -2.53. The Kier molecular flexibility index (Phi) is 5.47. The predicted molar refractivity (Wildman–Crippen MR) is 106 cm³/mol. The van der Waals surface area contributed by atoms with Gasteiger partial charge in [-0.3, -0.25) is 4.79 Å². The molecular weight excluding hydrogens is 344 g/mol. The van der Waals surface area contributed by atoms with E-state index >= 15 is 0 Å². The van der Waals surface area contributed by atoms with Gasteiger partial charge >= 0.3 is 0 Å². The number of carbonyl (C=O) groups is 1. The zero-order valence-electron chi connectivity index (χ0n) is 15.7. The average Bonchev–Trinajstić information content (AvgIpc) is 3.25. The summed E-state index contributed by atoms with van der Waals surface area (Å²) >= 11 is 1.73. The monoisotopic (exact) mass is 368 g/mol. The first kappa shape index (κ1) is 18.3. The molecule has 0 saturated heterocycles. The highest BCUT2D eigenvalue weighted by atomic mass is 32.1. The van der Waals surface area contributed by atoms with Crippen LogP contribution in [-0.2, 0) is 13.1 Å². The Bertz CT molecular complexity index is 897. The fraction of sp³-hybridized carbons (Fsp3) is 0.286. The van der Waals surface area contributed by atoms with Crippen LogP contribution in [0.2, 0.25) is 0 Å². The van der Waals surface area contributed by atoms with Crippen LogP contribution in [-0.4, -0.2) is 29.5 Å². The molecule has 0 saturated carbocycles. The second-order valence-electron chi connectivity index (χ2n) is 6.42. The lowest BCUT2D eigenvalue weighted by atomic mass is 10.1. The van der Waals surface area contributed by atoms with Gasteiger partial charge in [-0.15, -0.1) is 11.3 Å². The van der Waals surface area contributed by atoms with Gasteiger partial charge in [0.25, 0.3) is 5.91 Å². The van der Waals surface area contributed by atoms with E-state index in [4.69, 9.17) is 4.74 Å². The molecule has 1 amide bonds. The van der Waals surface area contributed by atoms with Gasteiger partial charge in [0.2, 0.25) is 0 Å². The van der Waals surface area contributed by atoms with E-state index in [0.717, 1.165) is 34.8 Å². The van der Waals surface area contributed by atoms with Crippen molar-refractivity contribution in [3.63, 3.8) is 0 Å². The molecule has 0 unspecified atom stereocenters. The predicted octanol–water partition coefficient (Wildman–Crippen LogP) is 4.50. The molecule has 0 spiro atoms. The summed E-state index contributed by atoms with van der Waals surface area (Å²) in [7, 11) is 3.49. The summed E-state index contributed by atoms with van der Waals surface area (Å²) in [6.45, 7) is 5.39. The smallest absolute Gasteiger partial charge is 0.255 e. The molecule has 0 radical (unpaired) electrons. The van der Waals surface area contributed by atoms with Crippen molar-refractivity contribution >= 4 is 17.2 Å². The fourth-order valence-electron chi connectivity index (χ4n) is 3.19. The van der Waals surface area contributed by atoms with Crippen molar-refractivity contribution < 1.29 is 9.53 Å². The van der Waals surface area contributed by atoms with Gasteiger partial charge < -0.3 is 14.2 Å². The molecule has 0 aliphatic heterocycles. The number of rotatable bonds is 6. The van der Waals surface area contributed by atoms with E-state index in [9.17, 15) is 4.79 Å². The van der Waals surface area contributed by atoms with Gasteiger partial charge in [0.05, 0.1) is 19.2 Å². The average molecular weight is 369 g/mol. The first-order valence-electron chi connectivity index (χ1n) is 8.57. The van der Waals surface area contributed by atoms with E-state index in [1.165, 1.54) is 4.88 Å². The Labute approximate surface area is 158 Å². The van der Waals surface area contributed by atoms with Gasteiger partial charge in [0.1, 0.15) is 5.75 Å². The summed E-state index contributed by atoms with van der Waals surface area (Å²) < 4.78 is 7.60. The number of benzene rings is 1. The normalized spacial score (nSPS) is 10.8. The number of hydrogen-bond donors (Lipinski definition) is 0. The van der Waals surface area contributed by atoms with Gasteiger partial charge in [-0.25, -0.2) is 0 Å². The molecule has 2 heterocycles. The van der Waals surface area contributed by atoms with Gasteiger partial charge in [0, 0.05) is 35.4 Å². The van der Waals surface area contributed by atoms with Crippen LogP contribution >= 0.6 is 11.3 Å². The van der Waals surface area contributed by atoms with Crippen LogP contribution in [0.3, 0.4) is 0 Å². The molecule has 0 N–H and O–H groups in total. The molecule has 2 aromatic heterocycles. The second kappa shape index (κ2) is 7.79. The lowest BCUT2D eigenvalue weighted by molar-refractivity contribution is 0.0783. The summed E-state index contributed by atoms with van der Waals surface area (Å²) in [5.41, 5.74) is 3.87. The number of para-hydroxylation sites is 1. The van der Waals surface area contributed by atoms with E-state index in [-0.39, 0.29) is 5.91 Å². The van der Waals surface area contributed by atoms with Crippen molar-refractivity contribution in [2.75, 3.05) is 14.2 Å². The van der Waals surface area contributed by atoms with E-state index in [2.05, 4.69) is 29.0 Å². The number of aryl methyl sites for hydroxylation is 1. The van der Waals surface area contributed by atoms with Crippen molar-refractivity contribution in [1.29, 1.82) is 0 Å². The minimum absolute atomic E-state index is 0.0291. The number of hydrogen-bond acceptors (Lipinski definition) is 3. The molecule has 26 heavy (non-hydrogen) atoms. The Morgan fingerprint density at radius 1 is 1.19 bits per heavy atom. The van der Waals surface area contributed by atoms with Crippen molar-refractivity contribution in [3.05, 3.63) is 75.2 Å². The quantitative estimate of drug-likeness (QED) is 0.642. The van der Waals surface area contributed by atoms with Crippen molar-refractivity contribution in [2.45, 2.75) is 26.9 Å². The van der Waals surface area contributed by atoms with Gasteiger partial charge in [0.15, 0.2) is 0 Å². The first-order chi connectivity index (χ1) is 12.5. The molecular formula is C21H24N2O2S. The molecule has 0 aliphatic carbocycles. The number of nitrogens with zero attached hydrogens (tertiary/aromatic N) is 2. The van der Waals surface area contributed by atoms with Crippen LogP contribution in [0.1, 0.15) is 32.2 Å². The Morgan fingerprint density at radius 2 is 1.96 bits per heavy atom. The number of methoxy groups -OCH3 is 1. The number of aromatic nitrogens is 1. The zero-order valence-corrected chi connectivity index (χ0v) is 16.5. The van der Waals surface area contributed by atoms with Crippen molar-refractivity contribution in [1.82, 2.24) is 9.47 Å². The highest BCUT2D eigenvalue weighted by molar-refractivity contribution is 7.09. The summed E-state index contributed by atoms with van der Waals surface area (Å²) in [4.78, 5) is 16.0. The standard InChI is InChI=1S/C21H24N2O2S/c1-15-12-19(16(2)23(15)14-18-9-7-11-26-18)21(24)22(3)13-17-8-5-6-10-20(17)25-4/h5-12H,13-14H2,1-4H3. The highest BCUT2D eigenvalue weighted by Gasteiger charge is 2.20. The third-order valence-corrected chi connectivity index (χ3v) is 5.51. The summed E-state index contributed by atoms with van der Waals surface area (Å²) in [5.74, 6) is 0.830. The molecule has 0 bridgehead atoms. The highest BCUT2D eigenvalue weighted by Crippen LogP contribution is 2.23. The Morgan fingerprint density at radius 3 is 2.65 bits per heavy atom. The maximum atomic E-state index is 13.0. The van der Waals surface area contributed by atoms with Crippen LogP contribution < -0.4 is 4.74 Å². The van der Waals surface area contributed by atoms with Crippen molar-refractivity contribution in [3.8, 4) is 5.75 Å². The van der Waals surface area contributed by atoms with Gasteiger partial charge in [-0.2, -0.15) is 0 Å². The number of carbonyl (C=O) groups excluding carboxylic acids is 1. The van der Waals surface area contributed by atoms with E-state index in [1.807, 2.05) is 44.3 Å². The van der Waals surface area contributed by atoms with E-state index in [0.29, 0.717) is 6.54 Å². The summed E-state index contributed by atoms with van der Waals surface area (Å²) in [6.07, 6.45) is 0. The molecule has 0 aliphatic rings. The Balaban J connectivity index is 1.81. The summed E-state index contributed by atoms with van der Waals surface area (Å²) in [5, 5.41) is 2.08. The van der Waals surface area contributed by atoms with E-state index < -0.39 is 0 Å².